The lowest BCUT2D eigenvalue weighted by Crippen LogP contribution is -2.33. The molecule has 0 radical (unpaired) electrons. The molecule has 150 valence electrons. The monoisotopic (exact) mass is 380 g/mol. The zero-order valence-corrected chi connectivity index (χ0v) is 18.1. The van der Waals surface area contributed by atoms with Gasteiger partial charge in [0, 0.05) is 31.3 Å². The number of benzene rings is 2. The van der Waals surface area contributed by atoms with Gasteiger partial charge in [-0.2, -0.15) is 0 Å². The molecule has 2 aromatic carbocycles. The molecule has 0 spiro atoms. The summed E-state index contributed by atoms with van der Waals surface area (Å²) in [6, 6.07) is 12.1. The Hall–Kier alpha value is -2.62. The van der Waals surface area contributed by atoms with E-state index in [1.807, 2.05) is 45.0 Å². The largest absolute Gasteiger partial charge is 0.326 e. The first-order valence-corrected chi connectivity index (χ1v) is 9.75. The summed E-state index contributed by atoms with van der Waals surface area (Å²) in [7, 11) is 0. The van der Waals surface area contributed by atoms with Gasteiger partial charge in [0.1, 0.15) is 0 Å². The fraction of sp³-hybridized carbons (Fsp3) is 0.417. The zero-order chi connectivity index (χ0) is 21.1. The summed E-state index contributed by atoms with van der Waals surface area (Å²) in [6.45, 7) is 14.4. The lowest BCUT2D eigenvalue weighted by Gasteiger charge is -2.25. The highest BCUT2D eigenvalue weighted by molar-refractivity contribution is 5.95. The number of nitrogens with zero attached hydrogens (tertiary/aromatic N) is 1. The number of aryl methyl sites for hydroxylation is 3. The van der Waals surface area contributed by atoms with Crippen LogP contribution in [0.3, 0.4) is 0 Å². The van der Waals surface area contributed by atoms with Gasteiger partial charge in [0.25, 0.3) is 0 Å². The Kier molecular flexibility index (Phi) is 6.65. The van der Waals surface area contributed by atoms with E-state index in [2.05, 4.69) is 38.2 Å². The fourth-order valence-electron chi connectivity index (χ4n) is 3.52. The second kappa shape index (κ2) is 8.59. The highest BCUT2D eigenvalue weighted by Crippen LogP contribution is 2.27. The highest BCUT2D eigenvalue weighted by atomic mass is 16.2. The van der Waals surface area contributed by atoms with Crippen LogP contribution in [0.2, 0.25) is 0 Å². The maximum Gasteiger partial charge on any atom is 0.226 e. The first kappa shape index (κ1) is 21.7. The van der Waals surface area contributed by atoms with Crippen LogP contribution in [0.25, 0.3) is 0 Å². The third-order valence-corrected chi connectivity index (χ3v) is 4.88. The number of carbonyl (C=O) groups is 2. The van der Waals surface area contributed by atoms with E-state index in [-0.39, 0.29) is 23.7 Å². The molecule has 4 heteroatoms. The molecule has 0 atom stereocenters. The Balaban J connectivity index is 2.06. The maximum atomic E-state index is 12.4. The van der Waals surface area contributed by atoms with Crippen molar-refractivity contribution in [3.05, 3.63) is 58.7 Å². The van der Waals surface area contributed by atoms with Crippen molar-refractivity contribution in [2.24, 2.45) is 0 Å². The Bertz CT molecular complexity index is 838. The summed E-state index contributed by atoms with van der Waals surface area (Å²) >= 11 is 0. The molecule has 28 heavy (non-hydrogen) atoms. The predicted octanol–water partition coefficient (Wildman–Crippen LogP) is 5.29. The van der Waals surface area contributed by atoms with Crippen LogP contribution in [-0.4, -0.2) is 18.4 Å². The van der Waals surface area contributed by atoms with Gasteiger partial charge in [-0.1, -0.05) is 50.6 Å². The van der Waals surface area contributed by atoms with Gasteiger partial charge in [0.15, 0.2) is 0 Å². The minimum absolute atomic E-state index is 0.0580. The quantitative estimate of drug-likeness (QED) is 0.766. The van der Waals surface area contributed by atoms with Gasteiger partial charge in [-0.25, -0.2) is 0 Å². The number of amides is 2. The number of hydrogen-bond acceptors (Lipinski definition) is 2. The molecular weight excluding hydrogens is 348 g/mol. The van der Waals surface area contributed by atoms with Crippen molar-refractivity contribution in [1.29, 1.82) is 0 Å². The van der Waals surface area contributed by atoms with E-state index in [0.29, 0.717) is 6.54 Å². The predicted molar refractivity (Wildman–Crippen MR) is 117 cm³/mol. The summed E-state index contributed by atoms with van der Waals surface area (Å²) in [6.07, 6.45) is 0.243. The van der Waals surface area contributed by atoms with Crippen molar-refractivity contribution in [3.63, 3.8) is 0 Å². The van der Waals surface area contributed by atoms with Crippen LogP contribution in [0.5, 0.6) is 0 Å². The molecule has 2 rings (SSSR count). The average molecular weight is 381 g/mol. The third kappa shape index (κ3) is 5.44. The second-order valence-electron chi connectivity index (χ2n) is 8.54. The minimum Gasteiger partial charge on any atom is -0.326 e. The van der Waals surface area contributed by atoms with Crippen molar-refractivity contribution in [2.45, 2.75) is 60.3 Å². The van der Waals surface area contributed by atoms with Crippen molar-refractivity contribution in [3.8, 4) is 0 Å². The molecule has 0 bridgehead atoms. The van der Waals surface area contributed by atoms with Gasteiger partial charge >= 0.3 is 0 Å². The SMILES string of the molecule is CC(=O)N(CCC(=O)Nc1ccc(C(C)(C)C)cc1)c1c(C)cc(C)cc1C. The van der Waals surface area contributed by atoms with Gasteiger partial charge in [0.05, 0.1) is 0 Å². The number of carbonyl (C=O) groups excluding carboxylic acids is 2. The van der Waals surface area contributed by atoms with E-state index in [9.17, 15) is 9.59 Å². The maximum absolute atomic E-state index is 12.4. The van der Waals surface area contributed by atoms with Gasteiger partial charge in [0.2, 0.25) is 11.8 Å². The van der Waals surface area contributed by atoms with Crippen molar-refractivity contribution >= 4 is 23.2 Å². The molecule has 0 aliphatic carbocycles. The van der Waals surface area contributed by atoms with Gasteiger partial charge in [-0.15, -0.1) is 0 Å². The van der Waals surface area contributed by atoms with Gasteiger partial charge in [-0.05, 0) is 55.0 Å². The average Bonchev–Trinajstić information content (AvgIpc) is 2.56. The first-order valence-electron chi connectivity index (χ1n) is 9.75. The van der Waals surface area contributed by atoms with Crippen LogP contribution < -0.4 is 10.2 Å². The molecule has 2 aromatic rings. The summed E-state index contributed by atoms with van der Waals surface area (Å²) < 4.78 is 0. The summed E-state index contributed by atoms with van der Waals surface area (Å²) in [5, 5.41) is 2.93. The molecule has 0 aliphatic rings. The van der Waals surface area contributed by atoms with Crippen LogP contribution in [0.15, 0.2) is 36.4 Å². The molecule has 4 nitrogen and oxygen atoms in total. The molecule has 0 saturated carbocycles. The Labute approximate surface area is 169 Å². The Morgan fingerprint density at radius 1 is 0.964 bits per heavy atom. The van der Waals surface area contributed by atoms with Crippen LogP contribution in [0, 0.1) is 20.8 Å². The molecule has 0 fully saturated rings. The fourth-order valence-corrected chi connectivity index (χ4v) is 3.52. The Morgan fingerprint density at radius 2 is 1.50 bits per heavy atom. The van der Waals surface area contributed by atoms with Crippen molar-refractivity contribution < 1.29 is 9.59 Å². The van der Waals surface area contributed by atoms with Crippen LogP contribution in [-0.2, 0) is 15.0 Å². The van der Waals surface area contributed by atoms with E-state index >= 15 is 0 Å². The standard InChI is InChI=1S/C24H32N2O2/c1-16-14-17(2)23(18(3)15-16)26(19(4)27)13-12-22(28)25-21-10-8-20(9-11-21)24(5,6)7/h8-11,14-15H,12-13H2,1-7H3,(H,25,28). The third-order valence-electron chi connectivity index (χ3n) is 4.88. The molecule has 0 unspecified atom stereocenters. The molecule has 1 N–H and O–H groups in total. The van der Waals surface area contributed by atoms with E-state index < -0.39 is 0 Å². The molecule has 0 aromatic heterocycles. The molecule has 0 heterocycles. The smallest absolute Gasteiger partial charge is 0.226 e. The first-order chi connectivity index (χ1) is 13.0. The van der Waals surface area contributed by atoms with E-state index in [4.69, 9.17) is 0 Å². The van der Waals surface area contributed by atoms with E-state index in [1.165, 1.54) is 11.1 Å². The van der Waals surface area contributed by atoms with E-state index in [1.54, 1.807) is 11.8 Å². The molecule has 2 amide bonds. The zero-order valence-electron chi connectivity index (χ0n) is 18.1. The minimum atomic E-state index is -0.0998. The lowest BCUT2D eigenvalue weighted by molar-refractivity contribution is -0.117. The van der Waals surface area contributed by atoms with E-state index in [0.717, 1.165) is 22.5 Å². The van der Waals surface area contributed by atoms with Crippen molar-refractivity contribution in [2.75, 3.05) is 16.8 Å². The lowest BCUT2D eigenvalue weighted by atomic mass is 9.87. The summed E-state index contributed by atoms with van der Waals surface area (Å²) in [5.74, 6) is -0.158. The molecule has 0 saturated heterocycles. The normalized spacial score (nSPS) is 11.2. The topological polar surface area (TPSA) is 49.4 Å². The molecule has 0 aliphatic heterocycles. The molecular formula is C24H32N2O2. The number of nitrogens with one attached hydrogen (secondary N) is 1. The van der Waals surface area contributed by atoms with Crippen LogP contribution in [0.1, 0.15) is 56.4 Å². The summed E-state index contributed by atoms with van der Waals surface area (Å²) in [5.41, 5.74) is 6.23. The van der Waals surface area contributed by atoms with Gasteiger partial charge < -0.3 is 10.2 Å². The van der Waals surface area contributed by atoms with Crippen LogP contribution >= 0.6 is 0 Å². The number of anilines is 2. The number of hydrogen-bond donors (Lipinski definition) is 1. The van der Waals surface area contributed by atoms with Crippen LogP contribution in [0.4, 0.5) is 11.4 Å². The number of rotatable bonds is 5. The second-order valence-corrected chi connectivity index (χ2v) is 8.54. The van der Waals surface area contributed by atoms with Crippen molar-refractivity contribution in [1.82, 2.24) is 0 Å². The summed E-state index contributed by atoms with van der Waals surface area (Å²) in [4.78, 5) is 26.4. The Morgan fingerprint density at radius 3 is 1.96 bits per heavy atom. The highest BCUT2D eigenvalue weighted by Gasteiger charge is 2.18. The van der Waals surface area contributed by atoms with Gasteiger partial charge in [-0.3, -0.25) is 9.59 Å².